The van der Waals surface area contributed by atoms with Crippen LogP contribution in [0.2, 0.25) is 26.2 Å². The quantitative estimate of drug-likeness (QED) is 0.758. The first kappa shape index (κ1) is 16.4. The zero-order valence-corrected chi connectivity index (χ0v) is 16.1. The molecule has 2 aromatic carbocycles. The van der Waals surface area contributed by atoms with Crippen LogP contribution in [0, 0.1) is 0 Å². The molecule has 0 aliphatic heterocycles. The molecular weight excluding hydrogens is 308 g/mol. The molecule has 0 bridgehead atoms. The SMILES string of the molecule is C[Si](C)(O[Si]c1ccccc1)O[Si](C)(C)c1ccccc1. The van der Waals surface area contributed by atoms with Crippen LogP contribution in [-0.2, 0) is 8.23 Å². The second-order valence-corrected chi connectivity index (χ2v) is 14.8. The summed E-state index contributed by atoms with van der Waals surface area (Å²) in [6, 6.07) is 20.8. The Hall–Kier alpha value is -0.989. The van der Waals surface area contributed by atoms with E-state index in [4.69, 9.17) is 8.23 Å². The number of hydrogen-bond donors (Lipinski definition) is 0. The van der Waals surface area contributed by atoms with Gasteiger partial charge in [-0.3, -0.25) is 0 Å². The lowest BCUT2D eigenvalue weighted by Gasteiger charge is -2.33. The summed E-state index contributed by atoms with van der Waals surface area (Å²) in [4.78, 5) is 0. The van der Waals surface area contributed by atoms with Crippen molar-refractivity contribution in [1.82, 2.24) is 0 Å². The molecule has 0 heterocycles. The topological polar surface area (TPSA) is 18.5 Å². The minimum absolute atomic E-state index is 0.358. The third kappa shape index (κ3) is 5.05. The van der Waals surface area contributed by atoms with Crippen molar-refractivity contribution in [3.05, 3.63) is 60.7 Å². The number of rotatable bonds is 6. The average molecular weight is 331 g/mol. The van der Waals surface area contributed by atoms with E-state index in [0.29, 0.717) is 9.76 Å². The second-order valence-electron chi connectivity index (χ2n) is 5.95. The molecule has 0 aromatic heterocycles. The van der Waals surface area contributed by atoms with Gasteiger partial charge < -0.3 is 8.23 Å². The van der Waals surface area contributed by atoms with Crippen LogP contribution >= 0.6 is 0 Å². The molecule has 0 saturated heterocycles. The Balaban J connectivity index is 2.00. The Morgan fingerprint density at radius 3 is 1.86 bits per heavy atom. The second kappa shape index (κ2) is 6.85. The van der Waals surface area contributed by atoms with Crippen LogP contribution in [0.1, 0.15) is 0 Å². The lowest BCUT2D eigenvalue weighted by atomic mass is 10.4. The molecule has 0 saturated carbocycles. The van der Waals surface area contributed by atoms with E-state index >= 15 is 0 Å². The molecule has 0 unspecified atom stereocenters. The summed E-state index contributed by atoms with van der Waals surface area (Å²) in [5, 5.41) is 2.54. The van der Waals surface area contributed by atoms with Gasteiger partial charge in [-0.1, -0.05) is 60.7 Å². The Morgan fingerprint density at radius 1 is 0.762 bits per heavy atom. The minimum atomic E-state index is -2.13. The van der Waals surface area contributed by atoms with Gasteiger partial charge in [0.15, 0.2) is 0 Å². The van der Waals surface area contributed by atoms with Gasteiger partial charge >= 0.3 is 8.56 Å². The molecule has 2 rings (SSSR count). The van der Waals surface area contributed by atoms with Gasteiger partial charge in [0.25, 0.3) is 9.76 Å². The predicted molar refractivity (Wildman–Crippen MR) is 95.0 cm³/mol. The predicted octanol–water partition coefficient (Wildman–Crippen LogP) is 2.78. The number of benzene rings is 2. The van der Waals surface area contributed by atoms with E-state index in [1.54, 1.807) is 0 Å². The van der Waals surface area contributed by atoms with E-state index in [0.717, 1.165) is 0 Å². The zero-order valence-electron chi connectivity index (χ0n) is 13.1. The monoisotopic (exact) mass is 330 g/mol. The lowest BCUT2D eigenvalue weighted by Crippen LogP contribution is -2.54. The van der Waals surface area contributed by atoms with Crippen molar-refractivity contribution in [2.75, 3.05) is 0 Å². The molecule has 0 N–H and O–H groups in total. The first-order valence-corrected chi connectivity index (χ1v) is 13.8. The van der Waals surface area contributed by atoms with Gasteiger partial charge in [0.2, 0.25) is 8.32 Å². The van der Waals surface area contributed by atoms with Crippen LogP contribution in [0.15, 0.2) is 60.7 Å². The highest BCUT2D eigenvalue weighted by atomic mass is 28.5. The van der Waals surface area contributed by atoms with Crippen LogP contribution in [0.5, 0.6) is 0 Å². The van der Waals surface area contributed by atoms with E-state index in [1.165, 1.54) is 10.4 Å². The molecule has 0 aliphatic rings. The van der Waals surface area contributed by atoms with Crippen molar-refractivity contribution in [2.45, 2.75) is 26.2 Å². The summed E-state index contributed by atoms with van der Waals surface area (Å²) in [6.07, 6.45) is 0. The van der Waals surface area contributed by atoms with Crippen LogP contribution in [-0.4, -0.2) is 26.6 Å². The van der Waals surface area contributed by atoms with Crippen LogP contribution in [0.25, 0.3) is 0 Å². The largest absolute Gasteiger partial charge is 0.433 e. The summed E-state index contributed by atoms with van der Waals surface area (Å²) in [5.74, 6) is 0. The molecule has 2 radical (unpaired) electrons. The molecule has 2 nitrogen and oxygen atoms in total. The van der Waals surface area contributed by atoms with Gasteiger partial charge in [0, 0.05) is 0 Å². The fourth-order valence-corrected chi connectivity index (χ4v) is 10.9. The first-order valence-electron chi connectivity index (χ1n) is 7.14. The van der Waals surface area contributed by atoms with Crippen molar-refractivity contribution >= 4 is 37.0 Å². The Morgan fingerprint density at radius 2 is 1.29 bits per heavy atom. The highest BCUT2D eigenvalue weighted by Gasteiger charge is 2.35. The third-order valence-corrected chi connectivity index (χ3v) is 11.8. The first-order chi connectivity index (χ1) is 9.89. The third-order valence-electron chi connectivity index (χ3n) is 3.16. The van der Waals surface area contributed by atoms with Gasteiger partial charge in [-0.05, 0) is 36.6 Å². The van der Waals surface area contributed by atoms with Crippen molar-refractivity contribution in [2.24, 2.45) is 0 Å². The Kier molecular flexibility index (Phi) is 5.34. The van der Waals surface area contributed by atoms with Crippen molar-refractivity contribution < 1.29 is 8.23 Å². The molecule has 5 heteroatoms. The van der Waals surface area contributed by atoms with E-state index in [-0.39, 0.29) is 0 Å². The van der Waals surface area contributed by atoms with Gasteiger partial charge in [-0.2, -0.15) is 0 Å². The van der Waals surface area contributed by atoms with Gasteiger partial charge in [0.1, 0.15) is 0 Å². The summed E-state index contributed by atoms with van der Waals surface area (Å²) >= 11 is 0. The molecule has 0 aliphatic carbocycles. The number of hydrogen-bond acceptors (Lipinski definition) is 2. The average Bonchev–Trinajstić information content (AvgIpc) is 2.46. The molecule has 110 valence electrons. The fourth-order valence-electron chi connectivity index (χ4n) is 2.22. The van der Waals surface area contributed by atoms with E-state index in [9.17, 15) is 0 Å². The summed E-state index contributed by atoms with van der Waals surface area (Å²) in [5.41, 5.74) is 0. The minimum Gasteiger partial charge on any atom is -0.433 e. The Labute approximate surface area is 132 Å². The molecule has 0 amide bonds. The standard InChI is InChI=1S/C16H22O2Si3/c1-20(2,16-13-9-6-10-14-16)18-21(3,4)17-19-15-11-7-5-8-12-15/h5-14H,1-4H3. The highest BCUT2D eigenvalue weighted by molar-refractivity contribution is 6.91. The van der Waals surface area contributed by atoms with Gasteiger partial charge in [0.05, 0.1) is 0 Å². The van der Waals surface area contributed by atoms with E-state index < -0.39 is 16.9 Å². The Bertz CT molecular complexity index is 556. The molecule has 0 atom stereocenters. The summed E-state index contributed by atoms with van der Waals surface area (Å²) in [6.45, 7) is 8.76. The van der Waals surface area contributed by atoms with Crippen LogP contribution in [0.3, 0.4) is 0 Å². The van der Waals surface area contributed by atoms with Gasteiger partial charge in [-0.25, -0.2) is 0 Å². The van der Waals surface area contributed by atoms with Crippen LogP contribution < -0.4 is 10.4 Å². The van der Waals surface area contributed by atoms with Gasteiger partial charge in [-0.15, -0.1) is 0 Å². The maximum absolute atomic E-state index is 6.50. The van der Waals surface area contributed by atoms with Crippen molar-refractivity contribution in [3.63, 3.8) is 0 Å². The molecule has 0 spiro atoms. The van der Waals surface area contributed by atoms with Crippen LogP contribution in [0.4, 0.5) is 0 Å². The molecule has 2 aromatic rings. The molecular formula is C16H22O2Si3. The molecule has 0 fully saturated rings. The van der Waals surface area contributed by atoms with E-state index in [1.807, 2.05) is 24.3 Å². The van der Waals surface area contributed by atoms with Crippen molar-refractivity contribution in [3.8, 4) is 0 Å². The molecule has 21 heavy (non-hydrogen) atoms. The fraction of sp³-hybridized carbons (Fsp3) is 0.250. The summed E-state index contributed by atoms with van der Waals surface area (Å²) < 4.78 is 12.6. The maximum atomic E-state index is 6.50. The maximum Gasteiger partial charge on any atom is 0.311 e. The zero-order chi connectivity index (χ0) is 15.3. The highest BCUT2D eigenvalue weighted by Crippen LogP contribution is 2.15. The van der Waals surface area contributed by atoms with E-state index in [2.05, 4.69) is 62.6 Å². The van der Waals surface area contributed by atoms with Crippen molar-refractivity contribution in [1.29, 1.82) is 0 Å². The smallest absolute Gasteiger partial charge is 0.311 e. The summed E-state index contributed by atoms with van der Waals surface area (Å²) in [7, 11) is -3.68. The lowest BCUT2D eigenvalue weighted by molar-refractivity contribution is 0.417. The normalized spacial score (nSPS) is 12.4.